The first-order valence-electron chi connectivity index (χ1n) is 11.8. The minimum Gasteiger partial charge on any atom is -0.497 e. The Morgan fingerprint density at radius 3 is 2.55 bits per heavy atom. The number of methoxy groups -OCH3 is 1. The van der Waals surface area contributed by atoms with E-state index in [1.807, 2.05) is 16.7 Å². The molecule has 0 saturated carbocycles. The van der Waals surface area contributed by atoms with Crippen molar-refractivity contribution in [3.63, 3.8) is 0 Å². The molecule has 3 heterocycles. The van der Waals surface area contributed by atoms with E-state index < -0.39 is 0 Å². The zero-order chi connectivity index (χ0) is 22.3. The second kappa shape index (κ2) is 12.3. The molecule has 1 fully saturated rings. The predicted molar refractivity (Wildman–Crippen MR) is 142 cm³/mol. The van der Waals surface area contributed by atoms with Crippen LogP contribution in [0.4, 0.5) is 5.69 Å². The Labute approximate surface area is 212 Å². The lowest BCUT2D eigenvalue weighted by atomic mass is 10.2. The summed E-state index contributed by atoms with van der Waals surface area (Å²) in [7, 11) is 1.69. The van der Waals surface area contributed by atoms with E-state index in [2.05, 4.69) is 39.3 Å². The summed E-state index contributed by atoms with van der Waals surface area (Å²) >= 11 is 0. The number of ether oxygens (including phenoxy) is 1. The van der Waals surface area contributed by atoms with Crippen LogP contribution in [0.25, 0.3) is 0 Å². The average Bonchev–Trinajstić information content (AvgIpc) is 3.17. The zero-order valence-electron chi connectivity index (χ0n) is 19.7. The van der Waals surface area contributed by atoms with E-state index in [1.165, 1.54) is 5.69 Å². The normalized spacial score (nSPS) is 16.2. The van der Waals surface area contributed by atoms with Crippen LogP contribution < -0.4 is 20.6 Å². The number of rotatable bonds is 7. The SMILES string of the molecule is CCNC(=NCCCn1nc2n(c1=O)CCCC2)N1CCN(c2ccc(OC)cc2)CC1.I. The third-order valence-electron chi connectivity index (χ3n) is 6.17. The molecule has 10 heteroatoms. The Bertz CT molecular complexity index is 962. The maximum absolute atomic E-state index is 12.5. The molecule has 0 unspecified atom stereocenters. The summed E-state index contributed by atoms with van der Waals surface area (Å²) in [5, 5.41) is 7.94. The van der Waals surface area contributed by atoms with Crippen LogP contribution in [-0.2, 0) is 19.5 Å². The number of hydrogen-bond acceptors (Lipinski definition) is 5. The van der Waals surface area contributed by atoms with E-state index in [4.69, 9.17) is 9.73 Å². The van der Waals surface area contributed by atoms with Crippen LogP contribution in [0.3, 0.4) is 0 Å². The minimum absolute atomic E-state index is 0. The number of guanidine groups is 1. The summed E-state index contributed by atoms with van der Waals surface area (Å²) in [5.74, 6) is 2.78. The van der Waals surface area contributed by atoms with E-state index in [0.717, 1.165) is 82.5 Å². The first kappa shape index (κ1) is 25.4. The van der Waals surface area contributed by atoms with E-state index >= 15 is 0 Å². The van der Waals surface area contributed by atoms with E-state index in [9.17, 15) is 4.79 Å². The highest BCUT2D eigenvalue weighted by atomic mass is 127. The van der Waals surface area contributed by atoms with Crippen molar-refractivity contribution < 1.29 is 4.74 Å². The Hall–Kier alpha value is -2.24. The van der Waals surface area contributed by atoms with Crippen molar-refractivity contribution in [2.45, 2.75) is 45.7 Å². The van der Waals surface area contributed by atoms with Gasteiger partial charge in [-0.05, 0) is 50.5 Å². The van der Waals surface area contributed by atoms with E-state index in [1.54, 1.807) is 11.8 Å². The van der Waals surface area contributed by atoms with Gasteiger partial charge in [-0.2, -0.15) is 5.10 Å². The van der Waals surface area contributed by atoms with Gasteiger partial charge >= 0.3 is 5.69 Å². The summed E-state index contributed by atoms with van der Waals surface area (Å²) in [6.07, 6.45) is 3.91. The second-order valence-electron chi connectivity index (χ2n) is 8.29. The van der Waals surface area contributed by atoms with Gasteiger partial charge in [0.1, 0.15) is 11.6 Å². The summed E-state index contributed by atoms with van der Waals surface area (Å²) in [6, 6.07) is 8.25. The van der Waals surface area contributed by atoms with Gasteiger partial charge in [0.05, 0.1) is 7.11 Å². The van der Waals surface area contributed by atoms with Crippen LogP contribution in [0.15, 0.2) is 34.1 Å². The van der Waals surface area contributed by atoms with Crippen molar-refractivity contribution in [3.8, 4) is 5.75 Å². The van der Waals surface area contributed by atoms with Gasteiger partial charge in [-0.3, -0.25) is 9.56 Å². The first-order chi connectivity index (χ1) is 15.7. The monoisotopic (exact) mass is 569 g/mol. The Balaban J connectivity index is 0.00000306. The average molecular weight is 569 g/mol. The van der Waals surface area contributed by atoms with Gasteiger partial charge in [0.2, 0.25) is 0 Å². The van der Waals surface area contributed by atoms with Gasteiger partial charge in [0.15, 0.2) is 5.96 Å². The Kier molecular flexibility index (Phi) is 9.45. The maximum atomic E-state index is 12.5. The molecule has 2 aliphatic rings. The lowest BCUT2D eigenvalue weighted by molar-refractivity contribution is 0.372. The molecule has 0 aliphatic carbocycles. The fourth-order valence-corrected chi connectivity index (χ4v) is 4.39. The van der Waals surface area contributed by atoms with Crippen molar-refractivity contribution >= 4 is 35.6 Å². The number of anilines is 1. The van der Waals surface area contributed by atoms with E-state index in [0.29, 0.717) is 13.1 Å². The molecule has 9 nitrogen and oxygen atoms in total. The smallest absolute Gasteiger partial charge is 0.345 e. The number of piperazine rings is 1. The number of nitrogens with zero attached hydrogens (tertiary/aromatic N) is 6. The van der Waals surface area contributed by atoms with Crippen LogP contribution >= 0.6 is 24.0 Å². The van der Waals surface area contributed by atoms with Crippen molar-refractivity contribution in [3.05, 3.63) is 40.6 Å². The highest BCUT2D eigenvalue weighted by Crippen LogP contribution is 2.20. The van der Waals surface area contributed by atoms with Gasteiger partial charge in [0.25, 0.3) is 0 Å². The highest BCUT2D eigenvalue weighted by Gasteiger charge is 2.20. The molecule has 4 rings (SSSR count). The lowest BCUT2D eigenvalue weighted by Crippen LogP contribution is -2.52. The van der Waals surface area contributed by atoms with Gasteiger partial charge in [-0.1, -0.05) is 0 Å². The third kappa shape index (κ3) is 6.21. The predicted octanol–water partition coefficient (Wildman–Crippen LogP) is 2.19. The molecule has 0 bridgehead atoms. The quantitative estimate of drug-likeness (QED) is 0.239. The minimum atomic E-state index is 0. The molecule has 2 aliphatic heterocycles. The zero-order valence-corrected chi connectivity index (χ0v) is 22.0. The summed E-state index contributed by atoms with van der Waals surface area (Å²) in [5.41, 5.74) is 1.26. The number of hydrogen-bond donors (Lipinski definition) is 1. The molecule has 182 valence electrons. The molecule has 0 radical (unpaired) electrons. The first-order valence-corrected chi connectivity index (χ1v) is 11.8. The van der Waals surface area contributed by atoms with Crippen molar-refractivity contribution in [2.75, 3.05) is 51.3 Å². The van der Waals surface area contributed by atoms with Crippen molar-refractivity contribution in [1.29, 1.82) is 0 Å². The standard InChI is InChI=1S/C23H35N7O2.HI/c1-3-24-22(25-12-6-14-30-23(31)29-13-5-4-7-21(29)26-30)28-17-15-27(16-18-28)19-8-10-20(32-2)11-9-19;/h8-11H,3-7,12-18H2,1-2H3,(H,24,25);1H. The molecule has 33 heavy (non-hydrogen) atoms. The number of aryl methyl sites for hydroxylation is 2. The summed E-state index contributed by atoms with van der Waals surface area (Å²) < 4.78 is 8.71. The number of aromatic nitrogens is 3. The summed E-state index contributed by atoms with van der Waals surface area (Å²) in [6.45, 7) is 8.78. The Morgan fingerprint density at radius 1 is 1.12 bits per heavy atom. The van der Waals surface area contributed by atoms with Crippen molar-refractivity contribution in [1.82, 2.24) is 24.6 Å². The van der Waals surface area contributed by atoms with Crippen LogP contribution in [0.1, 0.15) is 32.0 Å². The molecule has 1 aromatic heterocycles. The van der Waals surface area contributed by atoms with E-state index in [-0.39, 0.29) is 29.7 Å². The van der Waals surface area contributed by atoms with Crippen LogP contribution in [0.2, 0.25) is 0 Å². The number of nitrogens with one attached hydrogen (secondary N) is 1. The molecule has 1 aromatic carbocycles. The molecular formula is C23H36IN7O2. The molecule has 0 spiro atoms. The third-order valence-corrected chi connectivity index (χ3v) is 6.17. The van der Waals surface area contributed by atoms with Crippen molar-refractivity contribution in [2.24, 2.45) is 4.99 Å². The van der Waals surface area contributed by atoms with Crippen LogP contribution in [0.5, 0.6) is 5.75 Å². The van der Waals surface area contributed by atoms with Gasteiger partial charge in [-0.25, -0.2) is 9.48 Å². The highest BCUT2D eigenvalue weighted by molar-refractivity contribution is 14.0. The number of benzene rings is 1. The van der Waals surface area contributed by atoms with Gasteiger partial charge in [-0.15, -0.1) is 24.0 Å². The molecular weight excluding hydrogens is 533 g/mol. The van der Waals surface area contributed by atoms with Gasteiger partial charge < -0.3 is 19.9 Å². The number of halogens is 1. The Morgan fingerprint density at radius 2 is 1.88 bits per heavy atom. The van der Waals surface area contributed by atoms with Gasteiger partial charge in [0, 0.05) is 64.5 Å². The number of aliphatic imine (C=N–C) groups is 1. The topological polar surface area (TPSA) is 79.9 Å². The molecule has 2 aromatic rings. The second-order valence-corrected chi connectivity index (χ2v) is 8.29. The maximum Gasteiger partial charge on any atom is 0.345 e. The van der Waals surface area contributed by atoms with Crippen LogP contribution in [-0.4, -0.2) is 71.6 Å². The van der Waals surface area contributed by atoms with Crippen LogP contribution in [0, 0.1) is 0 Å². The summed E-state index contributed by atoms with van der Waals surface area (Å²) in [4.78, 5) is 22.0. The lowest BCUT2D eigenvalue weighted by Gasteiger charge is -2.37. The number of fused-ring (bicyclic) bond motifs is 1. The molecule has 0 amide bonds. The molecule has 0 atom stereocenters. The fourth-order valence-electron chi connectivity index (χ4n) is 4.39. The molecule has 1 saturated heterocycles. The molecule has 1 N–H and O–H groups in total. The largest absolute Gasteiger partial charge is 0.497 e. The fraction of sp³-hybridized carbons (Fsp3) is 0.609.